The van der Waals surface area contributed by atoms with Gasteiger partial charge < -0.3 is 19.7 Å². The maximum Gasteiger partial charge on any atom is 0.231 e. The quantitative estimate of drug-likeness (QED) is 0.884. The Balaban J connectivity index is 1.45. The molecule has 146 valence electrons. The highest BCUT2D eigenvalue weighted by Gasteiger charge is 2.28. The van der Waals surface area contributed by atoms with Crippen LogP contribution < -0.4 is 19.7 Å². The van der Waals surface area contributed by atoms with Crippen LogP contribution in [0.3, 0.4) is 0 Å². The Hall–Kier alpha value is -3.02. The molecule has 2 aliphatic heterocycles. The van der Waals surface area contributed by atoms with Gasteiger partial charge in [0.15, 0.2) is 11.5 Å². The fourth-order valence-corrected chi connectivity index (χ4v) is 3.91. The number of hydrogen-bond donors (Lipinski definition) is 1. The molecule has 0 radical (unpaired) electrons. The van der Waals surface area contributed by atoms with E-state index in [1.807, 2.05) is 48.2 Å². The third kappa shape index (κ3) is 3.42. The molecule has 1 atom stereocenters. The van der Waals surface area contributed by atoms with Gasteiger partial charge in [0, 0.05) is 24.3 Å². The van der Waals surface area contributed by atoms with Crippen molar-refractivity contribution in [2.24, 2.45) is 5.92 Å². The maximum atomic E-state index is 12.7. The predicted molar refractivity (Wildman–Crippen MR) is 107 cm³/mol. The number of nitrogens with zero attached hydrogens (tertiary/aromatic N) is 1. The Labute approximate surface area is 164 Å². The zero-order chi connectivity index (χ0) is 19.7. The minimum absolute atomic E-state index is 0.0714. The van der Waals surface area contributed by atoms with Crippen molar-refractivity contribution in [2.75, 3.05) is 30.5 Å². The van der Waals surface area contributed by atoms with Crippen LogP contribution >= 0.6 is 0 Å². The molecule has 0 saturated carbocycles. The average molecular weight is 380 g/mol. The molecule has 1 fully saturated rings. The Kier molecular flexibility index (Phi) is 4.94. The van der Waals surface area contributed by atoms with Crippen LogP contribution in [0.1, 0.15) is 24.0 Å². The third-order valence-corrected chi connectivity index (χ3v) is 5.37. The van der Waals surface area contributed by atoms with Crippen LogP contribution in [0.25, 0.3) is 0 Å². The lowest BCUT2D eigenvalue weighted by Crippen LogP contribution is -2.32. The summed E-state index contributed by atoms with van der Waals surface area (Å²) in [5, 5.41) is 2.99. The lowest BCUT2D eigenvalue weighted by atomic mass is 9.95. The molecule has 28 heavy (non-hydrogen) atoms. The van der Waals surface area contributed by atoms with Crippen LogP contribution in [-0.4, -0.2) is 32.1 Å². The molecule has 0 bridgehead atoms. The first-order valence-corrected chi connectivity index (χ1v) is 9.57. The van der Waals surface area contributed by atoms with Gasteiger partial charge in [0.25, 0.3) is 0 Å². The molecule has 2 aromatic rings. The lowest BCUT2D eigenvalue weighted by molar-refractivity contribution is -0.121. The van der Waals surface area contributed by atoms with Gasteiger partial charge in [0.1, 0.15) is 6.61 Å². The lowest BCUT2D eigenvalue weighted by Gasteiger charge is -2.26. The molecule has 2 amide bonds. The molecule has 2 aromatic carbocycles. The molecular weight excluding hydrogens is 356 g/mol. The van der Waals surface area contributed by atoms with Crippen molar-refractivity contribution in [3.63, 3.8) is 0 Å². The van der Waals surface area contributed by atoms with E-state index in [4.69, 9.17) is 9.47 Å². The molecule has 0 spiro atoms. The number of carbonyl (C=O) groups excluding carboxylic acids is 2. The monoisotopic (exact) mass is 380 g/mol. The summed E-state index contributed by atoms with van der Waals surface area (Å²) in [5.74, 6) is 1.24. The summed E-state index contributed by atoms with van der Waals surface area (Å²) in [7, 11) is 1.61. The Morgan fingerprint density at radius 2 is 2.14 bits per heavy atom. The summed E-state index contributed by atoms with van der Waals surface area (Å²) in [5.41, 5.74) is 3.60. The number of amides is 2. The number of fused-ring (bicyclic) bond motifs is 1. The van der Waals surface area contributed by atoms with Crippen molar-refractivity contribution in [1.29, 1.82) is 0 Å². The second-order valence-corrected chi connectivity index (χ2v) is 7.30. The molecule has 4 rings (SSSR count). The number of anilines is 2. The molecule has 6 heteroatoms. The first-order chi connectivity index (χ1) is 13.6. The van der Waals surface area contributed by atoms with Crippen molar-refractivity contribution >= 4 is 23.2 Å². The molecule has 2 aliphatic rings. The van der Waals surface area contributed by atoms with Gasteiger partial charge in [0.2, 0.25) is 11.8 Å². The molecule has 1 N–H and O–H groups in total. The van der Waals surface area contributed by atoms with Gasteiger partial charge >= 0.3 is 0 Å². The fourth-order valence-electron chi connectivity index (χ4n) is 3.91. The van der Waals surface area contributed by atoms with Crippen molar-refractivity contribution in [3.05, 3.63) is 47.5 Å². The summed E-state index contributed by atoms with van der Waals surface area (Å²) < 4.78 is 11.1. The second-order valence-electron chi connectivity index (χ2n) is 7.30. The summed E-state index contributed by atoms with van der Waals surface area (Å²) in [4.78, 5) is 26.5. The van der Waals surface area contributed by atoms with E-state index in [0.29, 0.717) is 25.2 Å². The minimum atomic E-state index is -0.264. The first kappa shape index (κ1) is 18.3. The number of methoxy groups -OCH3 is 1. The zero-order valence-corrected chi connectivity index (χ0v) is 16.2. The SMILES string of the molecule is COc1cccc2c1OCC(C(=O)Nc1ccc(N3CCCC3=O)c(C)c1)C2. The van der Waals surface area contributed by atoms with Crippen LogP contribution in [0, 0.1) is 12.8 Å². The van der Waals surface area contributed by atoms with Crippen molar-refractivity contribution in [1.82, 2.24) is 0 Å². The van der Waals surface area contributed by atoms with Crippen LogP contribution in [0.5, 0.6) is 11.5 Å². The first-order valence-electron chi connectivity index (χ1n) is 9.57. The van der Waals surface area contributed by atoms with Crippen molar-refractivity contribution in [3.8, 4) is 11.5 Å². The number of nitrogens with one attached hydrogen (secondary N) is 1. The van der Waals surface area contributed by atoms with Gasteiger partial charge in [-0.2, -0.15) is 0 Å². The van der Waals surface area contributed by atoms with Crippen LogP contribution in [0.15, 0.2) is 36.4 Å². The van der Waals surface area contributed by atoms with Gasteiger partial charge in [-0.25, -0.2) is 0 Å². The maximum absolute atomic E-state index is 12.7. The molecule has 0 aliphatic carbocycles. The smallest absolute Gasteiger partial charge is 0.231 e. The molecule has 2 heterocycles. The van der Waals surface area contributed by atoms with E-state index in [0.717, 1.165) is 41.2 Å². The van der Waals surface area contributed by atoms with Crippen LogP contribution in [0.2, 0.25) is 0 Å². The normalized spacial score (nSPS) is 18.4. The van der Waals surface area contributed by atoms with E-state index in [1.165, 1.54) is 0 Å². The topological polar surface area (TPSA) is 67.9 Å². The highest BCUT2D eigenvalue weighted by Crippen LogP contribution is 2.36. The molecular formula is C22H24N2O4. The highest BCUT2D eigenvalue weighted by molar-refractivity contribution is 5.97. The number of hydrogen-bond acceptors (Lipinski definition) is 4. The van der Waals surface area contributed by atoms with Crippen molar-refractivity contribution < 1.29 is 19.1 Å². The van der Waals surface area contributed by atoms with Crippen LogP contribution in [0.4, 0.5) is 11.4 Å². The van der Waals surface area contributed by atoms with E-state index in [1.54, 1.807) is 7.11 Å². The van der Waals surface area contributed by atoms with Crippen molar-refractivity contribution in [2.45, 2.75) is 26.2 Å². The standard InChI is InChI=1S/C22H24N2O4/c1-14-11-17(8-9-18(14)24-10-4-7-20(24)25)23-22(26)16-12-15-5-3-6-19(27-2)21(15)28-13-16/h3,5-6,8-9,11,16H,4,7,10,12-13H2,1-2H3,(H,23,26). The molecule has 0 aromatic heterocycles. The molecule has 1 saturated heterocycles. The van der Waals surface area contributed by atoms with E-state index < -0.39 is 0 Å². The Bertz CT molecular complexity index is 925. The van der Waals surface area contributed by atoms with Gasteiger partial charge in [-0.05, 0) is 55.2 Å². The van der Waals surface area contributed by atoms with Crippen LogP contribution in [-0.2, 0) is 16.0 Å². The fraction of sp³-hybridized carbons (Fsp3) is 0.364. The van der Waals surface area contributed by atoms with E-state index >= 15 is 0 Å². The number of ether oxygens (including phenoxy) is 2. The largest absolute Gasteiger partial charge is 0.493 e. The van der Waals surface area contributed by atoms with Gasteiger partial charge in [-0.15, -0.1) is 0 Å². The van der Waals surface area contributed by atoms with Gasteiger partial charge in [0.05, 0.1) is 13.0 Å². The number of rotatable bonds is 4. The number of para-hydroxylation sites is 1. The van der Waals surface area contributed by atoms with E-state index in [-0.39, 0.29) is 17.7 Å². The predicted octanol–water partition coefficient (Wildman–Crippen LogP) is 3.32. The molecule has 6 nitrogen and oxygen atoms in total. The number of carbonyl (C=O) groups is 2. The van der Waals surface area contributed by atoms with E-state index in [2.05, 4.69) is 5.32 Å². The number of benzene rings is 2. The Morgan fingerprint density at radius 1 is 1.29 bits per heavy atom. The Morgan fingerprint density at radius 3 is 2.86 bits per heavy atom. The number of aryl methyl sites for hydroxylation is 1. The zero-order valence-electron chi connectivity index (χ0n) is 16.2. The van der Waals surface area contributed by atoms with E-state index in [9.17, 15) is 9.59 Å². The molecule has 1 unspecified atom stereocenters. The summed E-state index contributed by atoms with van der Waals surface area (Å²) in [6.07, 6.45) is 2.11. The summed E-state index contributed by atoms with van der Waals surface area (Å²) >= 11 is 0. The third-order valence-electron chi connectivity index (χ3n) is 5.37. The summed E-state index contributed by atoms with van der Waals surface area (Å²) in [6.45, 7) is 3.04. The average Bonchev–Trinajstić information content (AvgIpc) is 3.12. The summed E-state index contributed by atoms with van der Waals surface area (Å²) in [6, 6.07) is 11.4. The highest BCUT2D eigenvalue weighted by atomic mass is 16.5. The van der Waals surface area contributed by atoms with Gasteiger partial charge in [-0.3, -0.25) is 9.59 Å². The minimum Gasteiger partial charge on any atom is -0.493 e. The van der Waals surface area contributed by atoms with Gasteiger partial charge in [-0.1, -0.05) is 12.1 Å². The second kappa shape index (κ2) is 7.54.